The van der Waals surface area contributed by atoms with E-state index in [0.717, 1.165) is 39.4 Å². The van der Waals surface area contributed by atoms with Gasteiger partial charge in [0, 0.05) is 18.6 Å². The van der Waals surface area contributed by atoms with Gasteiger partial charge in [-0.05, 0) is 45.3 Å². The highest BCUT2D eigenvalue weighted by Gasteiger charge is 2.40. The predicted molar refractivity (Wildman–Crippen MR) is 82.1 cm³/mol. The molecule has 2 fully saturated rings. The lowest BCUT2D eigenvalue weighted by Gasteiger charge is -2.48. The Morgan fingerprint density at radius 2 is 1.60 bits per heavy atom. The van der Waals surface area contributed by atoms with Crippen molar-refractivity contribution in [3.8, 4) is 0 Å². The Kier molecular flexibility index (Phi) is 4.11. The fourth-order valence-corrected chi connectivity index (χ4v) is 3.86. The Morgan fingerprint density at radius 3 is 2.20 bits per heavy atom. The molecule has 0 aromatic heterocycles. The highest BCUT2D eigenvalue weighted by molar-refractivity contribution is 5.34. The number of benzene rings is 1. The summed E-state index contributed by atoms with van der Waals surface area (Å²) in [5, 5.41) is 3.52. The van der Waals surface area contributed by atoms with Crippen molar-refractivity contribution in [2.75, 3.05) is 39.4 Å². The fraction of sp³-hybridized carbons (Fsp3) is 0.647. The minimum Gasteiger partial charge on any atom is -0.379 e. The van der Waals surface area contributed by atoms with Crippen molar-refractivity contribution in [3.63, 3.8) is 0 Å². The minimum atomic E-state index is 0.214. The standard InChI is InChI=1S/C17H26N2O/c1-14-11-15(2)13-16(12-14)17(3-5-18-6-4-17)19-7-9-20-10-8-19/h11-13,18H,3-10H2,1-2H3. The number of hydrogen-bond donors (Lipinski definition) is 1. The Bertz CT molecular complexity index is 440. The fourth-order valence-electron chi connectivity index (χ4n) is 3.86. The second-order valence-corrected chi connectivity index (χ2v) is 6.26. The molecule has 2 heterocycles. The number of hydrogen-bond acceptors (Lipinski definition) is 3. The summed E-state index contributed by atoms with van der Waals surface area (Å²) in [7, 11) is 0. The maximum Gasteiger partial charge on any atom is 0.0594 e. The van der Waals surface area contributed by atoms with E-state index in [2.05, 4.69) is 42.3 Å². The third-order valence-electron chi connectivity index (χ3n) is 4.81. The third-order valence-corrected chi connectivity index (χ3v) is 4.81. The molecule has 3 heteroatoms. The molecule has 2 aliphatic rings. The molecular weight excluding hydrogens is 248 g/mol. The van der Waals surface area contributed by atoms with Crippen molar-refractivity contribution in [2.45, 2.75) is 32.2 Å². The predicted octanol–water partition coefficient (Wildman–Crippen LogP) is 2.21. The molecule has 1 N–H and O–H groups in total. The first-order valence-electron chi connectivity index (χ1n) is 7.83. The van der Waals surface area contributed by atoms with Crippen molar-refractivity contribution in [1.82, 2.24) is 10.2 Å². The molecule has 2 aliphatic heterocycles. The van der Waals surface area contributed by atoms with E-state index in [0.29, 0.717) is 0 Å². The van der Waals surface area contributed by atoms with Crippen LogP contribution in [-0.4, -0.2) is 44.3 Å². The molecular formula is C17H26N2O. The Hall–Kier alpha value is -0.900. The average molecular weight is 274 g/mol. The van der Waals surface area contributed by atoms with Gasteiger partial charge in [0.05, 0.1) is 13.2 Å². The van der Waals surface area contributed by atoms with Crippen LogP contribution in [0.1, 0.15) is 29.5 Å². The van der Waals surface area contributed by atoms with Crippen molar-refractivity contribution in [3.05, 3.63) is 34.9 Å². The molecule has 3 rings (SSSR count). The van der Waals surface area contributed by atoms with E-state index in [1.165, 1.54) is 29.5 Å². The maximum absolute atomic E-state index is 5.56. The molecule has 0 aliphatic carbocycles. The summed E-state index contributed by atoms with van der Waals surface area (Å²) < 4.78 is 5.56. The van der Waals surface area contributed by atoms with Gasteiger partial charge in [-0.3, -0.25) is 4.90 Å². The van der Waals surface area contributed by atoms with Crippen LogP contribution in [0.4, 0.5) is 0 Å². The van der Waals surface area contributed by atoms with E-state index in [-0.39, 0.29) is 5.54 Å². The summed E-state index contributed by atoms with van der Waals surface area (Å²) >= 11 is 0. The van der Waals surface area contributed by atoms with Crippen LogP contribution in [0.25, 0.3) is 0 Å². The highest BCUT2D eigenvalue weighted by Crippen LogP contribution is 2.38. The first-order chi connectivity index (χ1) is 9.71. The van der Waals surface area contributed by atoms with Gasteiger partial charge in [-0.1, -0.05) is 29.3 Å². The SMILES string of the molecule is Cc1cc(C)cc(C2(N3CCOCC3)CCNCC2)c1. The van der Waals surface area contributed by atoms with Crippen LogP contribution in [0.15, 0.2) is 18.2 Å². The maximum atomic E-state index is 5.56. The van der Waals surface area contributed by atoms with Gasteiger partial charge in [0.25, 0.3) is 0 Å². The van der Waals surface area contributed by atoms with Gasteiger partial charge in [-0.15, -0.1) is 0 Å². The molecule has 0 saturated carbocycles. The lowest BCUT2D eigenvalue weighted by molar-refractivity contribution is -0.0376. The number of nitrogens with one attached hydrogen (secondary N) is 1. The molecule has 0 unspecified atom stereocenters. The normalized spacial score (nSPS) is 23.7. The molecule has 20 heavy (non-hydrogen) atoms. The Morgan fingerprint density at radius 1 is 1.00 bits per heavy atom. The van der Waals surface area contributed by atoms with Crippen molar-refractivity contribution >= 4 is 0 Å². The van der Waals surface area contributed by atoms with E-state index >= 15 is 0 Å². The van der Waals surface area contributed by atoms with Crippen LogP contribution in [0.3, 0.4) is 0 Å². The topological polar surface area (TPSA) is 24.5 Å². The molecule has 1 aromatic carbocycles. The van der Waals surface area contributed by atoms with E-state index in [1.54, 1.807) is 0 Å². The summed E-state index contributed by atoms with van der Waals surface area (Å²) in [4.78, 5) is 2.67. The van der Waals surface area contributed by atoms with Crippen molar-refractivity contribution in [2.24, 2.45) is 0 Å². The number of aryl methyl sites for hydroxylation is 2. The van der Waals surface area contributed by atoms with Crippen LogP contribution in [0.2, 0.25) is 0 Å². The Balaban J connectivity index is 1.99. The molecule has 0 spiro atoms. The first kappa shape index (κ1) is 14.1. The zero-order chi connectivity index (χ0) is 14.0. The Labute approximate surface area is 122 Å². The molecule has 0 bridgehead atoms. The van der Waals surface area contributed by atoms with Crippen LogP contribution in [0.5, 0.6) is 0 Å². The molecule has 2 saturated heterocycles. The van der Waals surface area contributed by atoms with Gasteiger partial charge in [-0.2, -0.15) is 0 Å². The number of piperidine rings is 1. The van der Waals surface area contributed by atoms with Gasteiger partial charge in [0.15, 0.2) is 0 Å². The smallest absolute Gasteiger partial charge is 0.0594 e. The number of rotatable bonds is 2. The lowest BCUT2D eigenvalue weighted by atomic mass is 9.78. The van der Waals surface area contributed by atoms with Crippen molar-refractivity contribution < 1.29 is 4.74 Å². The van der Waals surface area contributed by atoms with Gasteiger partial charge in [0.2, 0.25) is 0 Å². The van der Waals surface area contributed by atoms with E-state index < -0.39 is 0 Å². The second kappa shape index (κ2) is 5.84. The summed E-state index contributed by atoms with van der Waals surface area (Å²) in [6, 6.07) is 7.07. The summed E-state index contributed by atoms with van der Waals surface area (Å²) in [6.07, 6.45) is 2.41. The van der Waals surface area contributed by atoms with Crippen molar-refractivity contribution in [1.29, 1.82) is 0 Å². The zero-order valence-corrected chi connectivity index (χ0v) is 12.7. The van der Waals surface area contributed by atoms with E-state index in [4.69, 9.17) is 4.74 Å². The summed E-state index contributed by atoms with van der Waals surface area (Å²) in [5.74, 6) is 0. The molecule has 1 aromatic rings. The quantitative estimate of drug-likeness (QED) is 0.895. The second-order valence-electron chi connectivity index (χ2n) is 6.26. The average Bonchev–Trinajstić information content (AvgIpc) is 2.48. The van der Waals surface area contributed by atoms with Crippen LogP contribution in [0, 0.1) is 13.8 Å². The largest absolute Gasteiger partial charge is 0.379 e. The van der Waals surface area contributed by atoms with Gasteiger partial charge < -0.3 is 10.1 Å². The summed E-state index contributed by atoms with van der Waals surface area (Å²) in [6.45, 7) is 10.5. The number of ether oxygens (including phenoxy) is 1. The summed E-state index contributed by atoms with van der Waals surface area (Å²) in [5.41, 5.74) is 4.49. The molecule has 110 valence electrons. The van der Waals surface area contributed by atoms with E-state index in [9.17, 15) is 0 Å². The van der Waals surface area contributed by atoms with E-state index in [1.807, 2.05) is 0 Å². The lowest BCUT2D eigenvalue weighted by Crippen LogP contribution is -2.55. The van der Waals surface area contributed by atoms with Crippen LogP contribution in [-0.2, 0) is 10.3 Å². The van der Waals surface area contributed by atoms with Crippen LogP contribution < -0.4 is 5.32 Å². The minimum absolute atomic E-state index is 0.214. The number of morpholine rings is 1. The third kappa shape index (κ3) is 2.62. The molecule has 0 radical (unpaired) electrons. The first-order valence-corrected chi connectivity index (χ1v) is 7.83. The molecule has 3 nitrogen and oxygen atoms in total. The monoisotopic (exact) mass is 274 g/mol. The van der Waals surface area contributed by atoms with Gasteiger partial charge in [-0.25, -0.2) is 0 Å². The zero-order valence-electron chi connectivity index (χ0n) is 12.7. The van der Waals surface area contributed by atoms with Gasteiger partial charge in [0.1, 0.15) is 0 Å². The highest BCUT2D eigenvalue weighted by atomic mass is 16.5. The molecule has 0 amide bonds. The molecule has 0 atom stereocenters. The van der Waals surface area contributed by atoms with Gasteiger partial charge >= 0.3 is 0 Å². The number of nitrogens with zero attached hydrogens (tertiary/aromatic N) is 1. The van der Waals surface area contributed by atoms with Crippen LogP contribution >= 0.6 is 0 Å².